The summed E-state index contributed by atoms with van der Waals surface area (Å²) in [4.78, 5) is 11.9. The van der Waals surface area contributed by atoms with Gasteiger partial charge in [-0.2, -0.15) is 0 Å². The van der Waals surface area contributed by atoms with Crippen LogP contribution in [0.3, 0.4) is 0 Å². The Hall–Kier alpha value is -2.29. The largest absolute Gasteiger partial charge is 0.492 e. The van der Waals surface area contributed by atoms with Gasteiger partial charge < -0.3 is 10.1 Å². The average Bonchev–Trinajstić information content (AvgIpc) is 2.42. The first-order chi connectivity index (χ1) is 10.5. The van der Waals surface area contributed by atoms with Gasteiger partial charge in [-0.1, -0.05) is 35.9 Å². The SMILES string of the molecule is Cc1cccc(CC(=O)NCCOc2cc(C)cc(C)c2)c1. The maximum atomic E-state index is 11.9. The highest BCUT2D eigenvalue weighted by molar-refractivity contribution is 5.78. The van der Waals surface area contributed by atoms with Crippen molar-refractivity contribution < 1.29 is 9.53 Å². The predicted molar refractivity (Wildman–Crippen MR) is 89.3 cm³/mol. The topological polar surface area (TPSA) is 38.3 Å². The second kappa shape index (κ2) is 7.64. The molecule has 0 aliphatic heterocycles. The third-order valence-electron chi connectivity index (χ3n) is 3.34. The van der Waals surface area contributed by atoms with Crippen molar-refractivity contribution in [3.05, 3.63) is 64.7 Å². The summed E-state index contributed by atoms with van der Waals surface area (Å²) in [5, 5.41) is 2.89. The molecule has 2 aromatic carbocycles. The van der Waals surface area contributed by atoms with Gasteiger partial charge in [0.2, 0.25) is 5.91 Å². The number of rotatable bonds is 6. The van der Waals surface area contributed by atoms with Crippen LogP contribution in [0.2, 0.25) is 0 Å². The molecule has 3 nitrogen and oxygen atoms in total. The molecule has 0 saturated heterocycles. The molecule has 0 saturated carbocycles. The lowest BCUT2D eigenvalue weighted by molar-refractivity contribution is -0.120. The summed E-state index contributed by atoms with van der Waals surface area (Å²) in [6.45, 7) is 7.10. The van der Waals surface area contributed by atoms with E-state index in [4.69, 9.17) is 4.74 Å². The maximum Gasteiger partial charge on any atom is 0.224 e. The van der Waals surface area contributed by atoms with Crippen LogP contribution in [0.4, 0.5) is 0 Å². The lowest BCUT2D eigenvalue weighted by Crippen LogP contribution is -2.29. The van der Waals surface area contributed by atoms with Crippen LogP contribution in [0.5, 0.6) is 5.75 Å². The van der Waals surface area contributed by atoms with Gasteiger partial charge in [-0.05, 0) is 49.6 Å². The quantitative estimate of drug-likeness (QED) is 0.830. The first-order valence-electron chi connectivity index (χ1n) is 7.56. The molecule has 0 spiro atoms. The molecule has 2 rings (SSSR count). The minimum absolute atomic E-state index is 0.0228. The van der Waals surface area contributed by atoms with Crippen molar-refractivity contribution in [2.24, 2.45) is 0 Å². The van der Waals surface area contributed by atoms with Gasteiger partial charge in [-0.25, -0.2) is 0 Å². The highest BCUT2D eigenvalue weighted by atomic mass is 16.5. The average molecular weight is 297 g/mol. The van der Waals surface area contributed by atoms with Crippen LogP contribution in [0, 0.1) is 20.8 Å². The number of amides is 1. The zero-order valence-corrected chi connectivity index (χ0v) is 13.5. The second-order valence-corrected chi connectivity index (χ2v) is 5.69. The van der Waals surface area contributed by atoms with Crippen LogP contribution >= 0.6 is 0 Å². The van der Waals surface area contributed by atoms with Gasteiger partial charge >= 0.3 is 0 Å². The van der Waals surface area contributed by atoms with E-state index in [0.29, 0.717) is 19.6 Å². The molecular weight excluding hydrogens is 274 g/mol. The predicted octanol–water partition coefficient (Wildman–Crippen LogP) is 3.35. The molecule has 2 aromatic rings. The Kier molecular flexibility index (Phi) is 5.59. The normalized spacial score (nSPS) is 10.3. The number of aryl methyl sites for hydroxylation is 3. The minimum atomic E-state index is 0.0228. The van der Waals surface area contributed by atoms with Gasteiger partial charge in [0.15, 0.2) is 0 Å². The van der Waals surface area contributed by atoms with Crippen molar-refractivity contribution >= 4 is 5.91 Å². The fourth-order valence-electron chi connectivity index (χ4n) is 2.45. The van der Waals surface area contributed by atoms with Crippen LogP contribution < -0.4 is 10.1 Å². The minimum Gasteiger partial charge on any atom is -0.492 e. The first-order valence-corrected chi connectivity index (χ1v) is 7.56. The molecule has 116 valence electrons. The Morgan fingerprint density at radius 2 is 1.73 bits per heavy atom. The van der Waals surface area contributed by atoms with E-state index in [1.807, 2.05) is 57.2 Å². The molecule has 0 heterocycles. The standard InChI is InChI=1S/C19H23NO2/c1-14-5-4-6-17(10-14)13-19(21)20-7-8-22-18-11-15(2)9-16(3)12-18/h4-6,9-12H,7-8,13H2,1-3H3,(H,20,21). The maximum absolute atomic E-state index is 11.9. The fourth-order valence-corrected chi connectivity index (χ4v) is 2.45. The van der Waals surface area contributed by atoms with Crippen LogP contribution in [0.25, 0.3) is 0 Å². The zero-order chi connectivity index (χ0) is 15.9. The van der Waals surface area contributed by atoms with Gasteiger partial charge in [0, 0.05) is 0 Å². The van der Waals surface area contributed by atoms with Crippen molar-refractivity contribution in [3.63, 3.8) is 0 Å². The number of benzene rings is 2. The Balaban J connectivity index is 1.73. The number of hydrogen-bond acceptors (Lipinski definition) is 2. The molecule has 0 aromatic heterocycles. The third kappa shape index (κ3) is 5.24. The van der Waals surface area contributed by atoms with Gasteiger partial charge in [0.25, 0.3) is 0 Å². The van der Waals surface area contributed by atoms with E-state index in [2.05, 4.69) is 11.4 Å². The Morgan fingerprint density at radius 1 is 1.00 bits per heavy atom. The van der Waals surface area contributed by atoms with Crippen LogP contribution in [-0.4, -0.2) is 19.1 Å². The monoisotopic (exact) mass is 297 g/mol. The van der Waals surface area contributed by atoms with Crippen LogP contribution in [0.15, 0.2) is 42.5 Å². The van der Waals surface area contributed by atoms with E-state index < -0.39 is 0 Å². The molecule has 1 amide bonds. The molecule has 0 aliphatic carbocycles. The van der Waals surface area contributed by atoms with E-state index >= 15 is 0 Å². The molecule has 3 heteroatoms. The number of carbonyl (C=O) groups is 1. The molecule has 0 fully saturated rings. The van der Waals surface area contributed by atoms with E-state index in [0.717, 1.165) is 11.3 Å². The van der Waals surface area contributed by atoms with Crippen molar-refractivity contribution in [3.8, 4) is 5.75 Å². The molecule has 0 atom stereocenters. The van der Waals surface area contributed by atoms with Gasteiger partial charge in [0.05, 0.1) is 13.0 Å². The molecule has 22 heavy (non-hydrogen) atoms. The fraction of sp³-hybridized carbons (Fsp3) is 0.316. The molecule has 0 bridgehead atoms. The summed E-state index contributed by atoms with van der Waals surface area (Å²) >= 11 is 0. The number of hydrogen-bond donors (Lipinski definition) is 1. The highest BCUT2D eigenvalue weighted by Gasteiger charge is 2.03. The molecule has 1 N–H and O–H groups in total. The van der Waals surface area contributed by atoms with Gasteiger partial charge in [-0.15, -0.1) is 0 Å². The molecular formula is C19H23NO2. The van der Waals surface area contributed by atoms with E-state index in [9.17, 15) is 4.79 Å². The van der Waals surface area contributed by atoms with Gasteiger partial charge in [-0.3, -0.25) is 4.79 Å². The summed E-state index contributed by atoms with van der Waals surface area (Å²) < 4.78 is 5.67. The third-order valence-corrected chi connectivity index (χ3v) is 3.34. The highest BCUT2D eigenvalue weighted by Crippen LogP contribution is 2.15. The summed E-state index contributed by atoms with van der Waals surface area (Å²) in [6.07, 6.45) is 0.408. The summed E-state index contributed by atoms with van der Waals surface area (Å²) in [5.74, 6) is 0.875. The first kappa shape index (κ1) is 16.1. The second-order valence-electron chi connectivity index (χ2n) is 5.69. The number of nitrogens with one attached hydrogen (secondary N) is 1. The van der Waals surface area contributed by atoms with E-state index in [1.165, 1.54) is 16.7 Å². The molecule has 0 aliphatic rings. The van der Waals surface area contributed by atoms with E-state index in [-0.39, 0.29) is 5.91 Å². The Labute approximate surface area is 132 Å². The van der Waals surface area contributed by atoms with Crippen LogP contribution in [-0.2, 0) is 11.2 Å². The summed E-state index contributed by atoms with van der Waals surface area (Å²) in [7, 11) is 0. The van der Waals surface area contributed by atoms with Crippen LogP contribution in [0.1, 0.15) is 22.3 Å². The Morgan fingerprint density at radius 3 is 2.41 bits per heavy atom. The molecule has 0 radical (unpaired) electrons. The van der Waals surface area contributed by atoms with Crippen molar-refractivity contribution in [1.29, 1.82) is 0 Å². The number of carbonyl (C=O) groups excluding carboxylic acids is 1. The van der Waals surface area contributed by atoms with Gasteiger partial charge in [0.1, 0.15) is 12.4 Å². The summed E-state index contributed by atoms with van der Waals surface area (Å²) in [6, 6.07) is 14.1. The lowest BCUT2D eigenvalue weighted by atomic mass is 10.1. The zero-order valence-electron chi connectivity index (χ0n) is 13.5. The smallest absolute Gasteiger partial charge is 0.224 e. The molecule has 0 unspecified atom stereocenters. The Bertz CT molecular complexity index is 629. The summed E-state index contributed by atoms with van der Waals surface area (Å²) in [5.41, 5.74) is 4.56. The number of ether oxygens (including phenoxy) is 1. The van der Waals surface area contributed by atoms with Crippen molar-refractivity contribution in [2.45, 2.75) is 27.2 Å². The van der Waals surface area contributed by atoms with E-state index in [1.54, 1.807) is 0 Å². The van der Waals surface area contributed by atoms with Crippen molar-refractivity contribution in [2.75, 3.05) is 13.2 Å². The van der Waals surface area contributed by atoms with Crippen molar-refractivity contribution in [1.82, 2.24) is 5.32 Å². The lowest BCUT2D eigenvalue weighted by Gasteiger charge is -2.09.